The molecule has 148 valence electrons. The molecule has 0 unspecified atom stereocenters. The molecule has 0 fully saturated rings. The van der Waals surface area contributed by atoms with E-state index in [1.165, 1.54) is 4.88 Å². The molecule has 4 rings (SSSR count). The van der Waals surface area contributed by atoms with Crippen molar-refractivity contribution in [3.8, 4) is 17.1 Å². The monoisotopic (exact) mass is 441 g/mol. The molecule has 3 aromatic heterocycles. The third-order valence-electron chi connectivity index (χ3n) is 4.56. The molecule has 5 nitrogen and oxygen atoms in total. The third kappa shape index (κ3) is 4.48. The maximum Gasteiger partial charge on any atom is 0.204 e. The minimum Gasteiger partial charge on any atom is -0.279 e. The first-order valence-corrected chi connectivity index (χ1v) is 10.9. The lowest BCUT2D eigenvalue weighted by Gasteiger charge is -2.19. The molecular weight excluding hydrogens is 422 g/mol. The van der Waals surface area contributed by atoms with Gasteiger partial charge in [0.2, 0.25) is 4.77 Å². The van der Waals surface area contributed by atoms with Crippen molar-refractivity contribution in [3.05, 3.63) is 81.0 Å². The van der Waals surface area contributed by atoms with Crippen LogP contribution in [0.1, 0.15) is 11.8 Å². The number of rotatable bonds is 7. The van der Waals surface area contributed by atoms with Crippen molar-refractivity contribution in [2.24, 2.45) is 0 Å². The molecule has 1 aromatic carbocycles. The molecule has 0 spiro atoms. The van der Waals surface area contributed by atoms with Crippen molar-refractivity contribution in [1.82, 2.24) is 24.2 Å². The first-order chi connectivity index (χ1) is 14.2. The van der Waals surface area contributed by atoms with Gasteiger partial charge in [-0.1, -0.05) is 36.7 Å². The van der Waals surface area contributed by atoms with Crippen LogP contribution in [-0.2, 0) is 13.2 Å². The van der Waals surface area contributed by atoms with E-state index in [0.717, 1.165) is 34.5 Å². The first kappa shape index (κ1) is 20.0. The molecule has 0 aliphatic carbocycles. The van der Waals surface area contributed by atoms with Gasteiger partial charge in [-0.15, -0.1) is 16.4 Å². The van der Waals surface area contributed by atoms with Crippen LogP contribution in [-0.4, -0.2) is 30.8 Å². The van der Waals surface area contributed by atoms with Crippen LogP contribution in [0.3, 0.4) is 0 Å². The SMILES string of the molecule is CCN(Cc1ccc(Cl)s1)Cn1nc(-c2cccnc2)n(-c2ccccc2)c1=S. The summed E-state index contributed by atoms with van der Waals surface area (Å²) in [7, 11) is 0. The number of para-hydroxylation sites is 1. The molecule has 3 heterocycles. The lowest BCUT2D eigenvalue weighted by atomic mass is 10.2. The van der Waals surface area contributed by atoms with Crippen molar-refractivity contribution in [3.63, 3.8) is 0 Å². The lowest BCUT2D eigenvalue weighted by molar-refractivity contribution is 0.209. The second kappa shape index (κ2) is 9.00. The number of nitrogens with zero attached hydrogens (tertiary/aromatic N) is 5. The number of hydrogen-bond donors (Lipinski definition) is 0. The predicted octanol–water partition coefficient (Wildman–Crippen LogP) is 5.66. The molecular formula is C21H20ClN5S2. The van der Waals surface area contributed by atoms with E-state index in [1.807, 2.05) is 64.0 Å². The second-order valence-corrected chi connectivity index (χ2v) is 8.68. The molecule has 0 amide bonds. The fourth-order valence-electron chi connectivity index (χ4n) is 3.10. The Morgan fingerprint density at radius 1 is 1.10 bits per heavy atom. The van der Waals surface area contributed by atoms with Crippen LogP contribution >= 0.6 is 35.2 Å². The van der Waals surface area contributed by atoms with Gasteiger partial charge in [-0.05, 0) is 55.2 Å². The van der Waals surface area contributed by atoms with Crippen LogP contribution < -0.4 is 0 Å². The van der Waals surface area contributed by atoms with Crippen LogP contribution in [0.4, 0.5) is 0 Å². The van der Waals surface area contributed by atoms with Gasteiger partial charge in [0.15, 0.2) is 5.82 Å². The summed E-state index contributed by atoms with van der Waals surface area (Å²) in [6, 6.07) is 18.0. The topological polar surface area (TPSA) is 38.9 Å². The van der Waals surface area contributed by atoms with Gasteiger partial charge >= 0.3 is 0 Å². The van der Waals surface area contributed by atoms with Gasteiger partial charge < -0.3 is 0 Å². The highest BCUT2D eigenvalue weighted by Gasteiger charge is 2.16. The van der Waals surface area contributed by atoms with Gasteiger partial charge in [-0.3, -0.25) is 14.5 Å². The van der Waals surface area contributed by atoms with E-state index in [9.17, 15) is 0 Å². The molecule has 0 aliphatic rings. The summed E-state index contributed by atoms with van der Waals surface area (Å²) in [5, 5.41) is 4.86. The van der Waals surface area contributed by atoms with Gasteiger partial charge in [0.1, 0.15) is 0 Å². The predicted molar refractivity (Wildman–Crippen MR) is 121 cm³/mol. The smallest absolute Gasteiger partial charge is 0.204 e. The van der Waals surface area contributed by atoms with Gasteiger partial charge in [0.25, 0.3) is 0 Å². The van der Waals surface area contributed by atoms with Crippen molar-refractivity contribution in [2.45, 2.75) is 20.1 Å². The Labute approximate surface area is 183 Å². The summed E-state index contributed by atoms with van der Waals surface area (Å²) in [4.78, 5) is 7.76. The van der Waals surface area contributed by atoms with Crippen LogP contribution in [0.5, 0.6) is 0 Å². The Morgan fingerprint density at radius 3 is 2.59 bits per heavy atom. The summed E-state index contributed by atoms with van der Waals surface area (Å²) in [6.07, 6.45) is 3.57. The average Bonchev–Trinajstić information content (AvgIpc) is 3.31. The number of thiophene rings is 1. The quantitative estimate of drug-likeness (QED) is 0.347. The first-order valence-electron chi connectivity index (χ1n) is 9.28. The minimum atomic E-state index is 0.595. The van der Waals surface area contributed by atoms with Gasteiger partial charge in [-0.2, -0.15) is 0 Å². The summed E-state index contributed by atoms with van der Waals surface area (Å²) in [5.41, 5.74) is 1.91. The highest BCUT2D eigenvalue weighted by molar-refractivity contribution is 7.71. The molecule has 0 saturated carbocycles. The number of halogens is 1. The largest absolute Gasteiger partial charge is 0.279 e. The molecule has 29 heavy (non-hydrogen) atoms. The Hall–Kier alpha value is -2.32. The van der Waals surface area contributed by atoms with Gasteiger partial charge in [0.05, 0.1) is 11.0 Å². The van der Waals surface area contributed by atoms with Crippen molar-refractivity contribution in [2.75, 3.05) is 6.54 Å². The van der Waals surface area contributed by atoms with E-state index in [0.29, 0.717) is 11.4 Å². The molecule has 0 N–H and O–H groups in total. The van der Waals surface area contributed by atoms with Crippen LogP contribution in [0, 0.1) is 4.77 Å². The molecule has 4 aromatic rings. The van der Waals surface area contributed by atoms with E-state index in [1.54, 1.807) is 17.5 Å². The number of benzene rings is 1. The normalized spacial score (nSPS) is 11.3. The second-order valence-electron chi connectivity index (χ2n) is 6.51. The molecule has 8 heteroatoms. The van der Waals surface area contributed by atoms with Gasteiger partial charge in [0, 0.05) is 35.1 Å². The third-order valence-corrected chi connectivity index (χ3v) is 6.17. The minimum absolute atomic E-state index is 0.595. The van der Waals surface area contributed by atoms with Crippen LogP contribution in [0.2, 0.25) is 4.34 Å². The van der Waals surface area contributed by atoms with E-state index >= 15 is 0 Å². The van der Waals surface area contributed by atoms with Gasteiger partial charge in [-0.25, -0.2) is 4.68 Å². The lowest BCUT2D eigenvalue weighted by Crippen LogP contribution is -2.26. The molecule has 0 saturated heterocycles. The highest BCUT2D eigenvalue weighted by Crippen LogP contribution is 2.24. The number of aromatic nitrogens is 4. The average molecular weight is 442 g/mol. The maximum atomic E-state index is 6.09. The molecule has 0 atom stereocenters. The maximum absolute atomic E-state index is 6.09. The Kier molecular flexibility index (Phi) is 6.20. The van der Waals surface area contributed by atoms with E-state index in [2.05, 4.69) is 22.9 Å². The van der Waals surface area contributed by atoms with Crippen LogP contribution in [0.25, 0.3) is 17.1 Å². The zero-order valence-electron chi connectivity index (χ0n) is 15.9. The number of hydrogen-bond acceptors (Lipinski definition) is 5. The molecule has 0 radical (unpaired) electrons. The van der Waals surface area contributed by atoms with Crippen molar-refractivity contribution in [1.29, 1.82) is 0 Å². The zero-order chi connectivity index (χ0) is 20.2. The molecule has 0 aliphatic heterocycles. The fourth-order valence-corrected chi connectivity index (χ4v) is 4.52. The summed E-state index contributed by atoms with van der Waals surface area (Å²) >= 11 is 13.5. The Bertz CT molecular complexity index is 1130. The fraction of sp³-hybridized carbons (Fsp3) is 0.190. The summed E-state index contributed by atoms with van der Waals surface area (Å²) < 4.78 is 5.34. The highest BCUT2D eigenvalue weighted by atomic mass is 35.5. The summed E-state index contributed by atoms with van der Waals surface area (Å²) in [6.45, 7) is 4.40. The number of pyridine rings is 1. The zero-order valence-corrected chi connectivity index (χ0v) is 18.3. The van der Waals surface area contributed by atoms with E-state index in [-0.39, 0.29) is 0 Å². The van der Waals surface area contributed by atoms with E-state index in [4.69, 9.17) is 28.9 Å². The van der Waals surface area contributed by atoms with Crippen LogP contribution in [0.15, 0.2) is 67.0 Å². The van der Waals surface area contributed by atoms with Crippen molar-refractivity contribution < 1.29 is 0 Å². The Balaban J connectivity index is 1.72. The molecule has 0 bridgehead atoms. The standard InChI is InChI=1S/C21H20ClN5S2/c1-2-25(14-18-10-11-19(22)29-18)15-26-21(28)27(17-8-4-3-5-9-17)20(24-26)16-7-6-12-23-13-16/h3-13H,2,14-15H2,1H3. The summed E-state index contributed by atoms with van der Waals surface area (Å²) in [5.74, 6) is 0.782. The van der Waals surface area contributed by atoms with E-state index < -0.39 is 0 Å². The van der Waals surface area contributed by atoms with Crippen molar-refractivity contribution >= 4 is 35.2 Å². The Morgan fingerprint density at radius 2 is 1.93 bits per heavy atom.